The van der Waals surface area contributed by atoms with Crippen LogP contribution in [-0.2, 0) is 0 Å². The maximum Gasteiger partial charge on any atom is 0.160 e. The highest BCUT2D eigenvalue weighted by Crippen LogP contribution is 2.20. The monoisotopic (exact) mass is 204 g/mol. The van der Waals surface area contributed by atoms with Crippen LogP contribution in [0.3, 0.4) is 0 Å². The number of anilines is 1. The molecule has 2 rings (SSSR count). The Balaban J connectivity index is 2.58. The summed E-state index contributed by atoms with van der Waals surface area (Å²) in [6.45, 7) is 7.26. The highest BCUT2D eigenvalue weighted by atomic mass is 15.3. The molecule has 2 aromatic heterocycles. The Bertz CT molecular complexity index is 459. The van der Waals surface area contributed by atoms with E-state index in [2.05, 4.69) is 36.2 Å². The highest BCUT2D eigenvalue weighted by molar-refractivity contribution is 5.53. The summed E-state index contributed by atoms with van der Waals surface area (Å²) in [5, 5.41) is 7.61. The van der Waals surface area contributed by atoms with Crippen LogP contribution in [0.5, 0.6) is 0 Å². The first-order valence-electron chi connectivity index (χ1n) is 5.30. The molecule has 0 fully saturated rings. The third-order valence-electron chi connectivity index (χ3n) is 2.41. The normalized spacial score (nSPS) is 11.2. The summed E-state index contributed by atoms with van der Waals surface area (Å²) in [6.07, 6.45) is 3.72. The lowest BCUT2D eigenvalue weighted by atomic mass is 10.1. The topological polar surface area (TPSA) is 42.2 Å². The Morgan fingerprint density at radius 3 is 2.93 bits per heavy atom. The zero-order valence-electron chi connectivity index (χ0n) is 9.36. The summed E-state index contributed by atoms with van der Waals surface area (Å²) in [6, 6.07) is 1.94. The van der Waals surface area contributed by atoms with Gasteiger partial charge in [0.1, 0.15) is 5.82 Å². The maximum atomic E-state index is 4.37. The van der Waals surface area contributed by atoms with E-state index in [4.69, 9.17) is 0 Å². The van der Waals surface area contributed by atoms with E-state index in [-0.39, 0.29) is 0 Å². The molecule has 0 aliphatic rings. The van der Waals surface area contributed by atoms with Crippen LogP contribution in [0.15, 0.2) is 18.5 Å². The third-order valence-corrected chi connectivity index (χ3v) is 2.41. The van der Waals surface area contributed by atoms with Crippen molar-refractivity contribution in [1.82, 2.24) is 14.6 Å². The van der Waals surface area contributed by atoms with Crippen LogP contribution in [0.25, 0.3) is 5.65 Å². The molecule has 0 aliphatic carbocycles. The largest absolute Gasteiger partial charge is 0.370 e. The molecule has 0 bridgehead atoms. The van der Waals surface area contributed by atoms with Gasteiger partial charge in [-0.15, -0.1) is 0 Å². The van der Waals surface area contributed by atoms with Gasteiger partial charge in [0.25, 0.3) is 0 Å². The Labute approximate surface area is 89.3 Å². The molecule has 0 saturated heterocycles. The molecule has 0 radical (unpaired) electrons. The summed E-state index contributed by atoms with van der Waals surface area (Å²) in [4.78, 5) is 4.37. The van der Waals surface area contributed by atoms with E-state index in [1.54, 1.807) is 0 Å². The van der Waals surface area contributed by atoms with E-state index in [0.29, 0.717) is 5.92 Å². The van der Waals surface area contributed by atoms with Gasteiger partial charge in [0.2, 0.25) is 0 Å². The van der Waals surface area contributed by atoms with Gasteiger partial charge in [0, 0.05) is 18.3 Å². The molecule has 4 heteroatoms. The van der Waals surface area contributed by atoms with Crippen LogP contribution in [-0.4, -0.2) is 21.1 Å². The van der Waals surface area contributed by atoms with Crippen molar-refractivity contribution >= 4 is 11.5 Å². The van der Waals surface area contributed by atoms with Gasteiger partial charge >= 0.3 is 0 Å². The lowest BCUT2D eigenvalue weighted by molar-refractivity contribution is 0.871. The Morgan fingerprint density at radius 1 is 1.47 bits per heavy atom. The van der Waals surface area contributed by atoms with E-state index in [1.165, 1.54) is 5.56 Å². The highest BCUT2D eigenvalue weighted by Gasteiger charge is 2.10. The molecule has 4 nitrogen and oxygen atoms in total. The van der Waals surface area contributed by atoms with Gasteiger partial charge in [-0.05, 0) is 18.9 Å². The average molecular weight is 204 g/mol. The van der Waals surface area contributed by atoms with Crippen LogP contribution in [0.1, 0.15) is 32.3 Å². The van der Waals surface area contributed by atoms with Gasteiger partial charge in [0.05, 0.1) is 6.20 Å². The van der Waals surface area contributed by atoms with Gasteiger partial charge in [-0.1, -0.05) is 13.8 Å². The first kappa shape index (κ1) is 9.96. The molecule has 2 heterocycles. The second-order valence-corrected chi connectivity index (χ2v) is 3.85. The molecule has 0 spiro atoms. The Kier molecular flexibility index (Phi) is 2.58. The van der Waals surface area contributed by atoms with Crippen molar-refractivity contribution in [2.24, 2.45) is 0 Å². The SMILES string of the molecule is CCNc1ccnc2c(C(C)C)cnn12. The summed E-state index contributed by atoms with van der Waals surface area (Å²) in [5.74, 6) is 1.45. The van der Waals surface area contributed by atoms with Gasteiger partial charge in [0.15, 0.2) is 5.65 Å². The van der Waals surface area contributed by atoms with Crippen LogP contribution in [0.2, 0.25) is 0 Å². The number of hydrogen-bond donors (Lipinski definition) is 1. The minimum absolute atomic E-state index is 0.451. The molecule has 0 amide bonds. The lowest BCUT2D eigenvalue weighted by Gasteiger charge is -2.06. The summed E-state index contributed by atoms with van der Waals surface area (Å²) < 4.78 is 1.86. The molecule has 0 unspecified atom stereocenters. The van der Waals surface area contributed by atoms with E-state index in [9.17, 15) is 0 Å². The molecule has 80 valence electrons. The van der Waals surface area contributed by atoms with Crippen molar-refractivity contribution < 1.29 is 0 Å². The second kappa shape index (κ2) is 3.88. The Hall–Kier alpha value is -1.58. The first-order chi connectivity index (χ1) is 7.24. The molecule has 0 aromatic carbocycles. The summed E-state index contributed by atoms with van der Waals surface area (Å²) in [7, 11) is 0. The predicted molar refractivity (Wildman–Crippen MR) is 61.2 cm³/mol. The average Bonchev–Trinajstić information content (AvgIpc) is 2.62. The van der Waals surface area contributed by atoms with Gasteiger partial charge in [-0.3, -0.25) is 0 Å². The molecule has 2 aromatic rings. The van der Waals surface area contributed by atoms with Crippen molar-refractivity contribution in [3.05, 3.63) is 24.0 Å². The van der Waals surface area contributed by atoms with Crippen molar-refractivity contribution in [3.63, 3.8) is 0 Å². The fourth-order valence-electron chi connectivity index (χ4n) is 1.63. The number of aromatic nitrogens is 3. The van der Waals surface area contributed by atoms with Gasteiger partial charge in [-0.2, -0.15) is 9.61 Å². The number of nitrogens with one attached hydrogen (secondary N) is 1. The maximum absolute atomic E-state index is 4.37. The Morgan fingerprint density at radius 2 is 2.27 bits per heavy atom. The number of rotatable bonds is 3. The third kappa shape index (κ3) is 1.67. The fraction of sp³-hybridized carbons (Fsp3) is 0.455. The number of nitrogens with zero attached hydrogens (tertiary/aromatic N) is 3. The van der Waals surface area contributed by atoms with E-state index < -0.39 is 0 Å². The zero-order valence-corrected chi connectivity index (χ0v) is 9.36. The van der Waals surface area contributed by atoms with Crippen LogP contribution in [0.4, 0.5) is 5.82 Å². The van der Waals surface area contributed by atoms with Crippen LogP contribution >= 0.6 is 0 Å². The van der Waals surface area contributed by atoms with Crippen LogP contribution in [0, 0.1) is 0 Å². The molecule has 0 saturated carbocycles. The van der Waals surface area contributed by atoms with Gasteiger partial charge in [-0.25, -0.2) is 4.98 Å². The predicted octanol–water partition coefficient (Wildman–Crippen LogP) is 2.28. The molecular weight excluding hydrogens is 188 g/mol. The molecular formula is C11H16N4. The van der Waals surface area contributed by atoms with Crippen LogP contribution < -0.4 is 5.32 Å². The zero-order chi connectivity index (χ0) is 10.8. The standard InChI is InChI=1S/C11H16N4/c1-4-12-10-5-6-13-11-9(8(2)3)7-14-15(10)11/h5-8,12H,4H2,1-3H3. The van der Waals surface area contributed by atoms with Gasteiger partial charge < -0.3 is 5.32 Å². The van der Waals surface area contributed by atoms with E-state index in [0.717, 1.165) is 18.0 Å². The number of hydrogen-bond acceptors (Lipinski definition) is 3. The van der Waals surface area contributed by atoms with E-state index in [1.807, 2.05) is 23.0 Å². The van der Waals surface area contributed by atoms with Crippen molar-refractivity contribution in [3.8, 4) is 0 Å². The minimum Gasteiger partial charge on any atom is -0.370 e. The fourth-order valence-corrected chi connectivity index (χ4v) is 1.63. The lowest BCUT2D eigenvalue weighted by Crippen LogP contribution is -2.04. The first-order valence-corrected chi connectivity index (χ1v) is 5.30. The smallest absolute Gasteiger partial charge is 0.160 e. The number of fused-ring (bicyclic) bond motifs is 1. The molecule has 1 N–H and O–H groups in total. The van der Waals surface area contributed by atoms with E-state index >= 15 is 0 Å². The molecule has 0 atom stereocenters. The minimum atomic E-state index is 0.451. The van der Waals surface area contributed by atoms with Crippen molar-refractivity contribution in [1.29, 1.82) is 0 Å². The summed E-state index contributed by atoms with van der Waals surface area (Å²) >= 11 is 0. The van der Waals surface area contributed by atoms with Crippen molar-refractivity contribution in [2.75, 3.05) is 11.9 Å². The summed E-state index contributed by atoms with van der Waals surface area (Å²) in [5.41, 5.74) is 2.14. The molecule has 0 aliphatic heterocycles. The molecule has 15 heavy (non-hydrogen) atoms. The van der Waals surface area contributed by atoms with Crippen molar-refractivity contribution in [2.45, 2.75) is 26.7 Å². The quantitative estimate of drug-likeness (QED) is 0.834. The second-order valence-electron chi connectivity index (χ2n) is 3.85.